The topological polar surface area (TPSA) is 60.2 Å². The third kappa shape index (κ3) is 5.52. The molecule has 0 radical (unpaired) electrons. The predicted molar refractivity (Wildman–Crippen MR) is 72.1 cm³/mol. The van der Waals surface area contributed by atoms with Gasteiger partial charge in [0.15, 0.2) is 0 Å². The number of benzene rings is 1. The molecular weight excluding hydrogens is 258 g/mol. The summed E-state index contributed by atoms with van der Waals surface area (Å²) in [5.74, 6) is 0.181. The fourth-order valence-electron chi connectivity index (χ4n) is 1.71. The lowest BCUT2D eigenvalue weighted by atomic mass is 10.0. The molecule has 1 aromatic carbocycles. The van der Waals surface area contributed by atoms with Gasteiger partial charge in [-0.3, -0.25) is 0 Å². The first kappa shape index (κ1) is 14.5. The minimum Gasteiger partial charge on any atom is -0.324 e. The molecule has 0 amide bonds. The molecule has 2 N–H and O–H groups in total. The summed E-state index contributed by atoms with van der Waals surface area (Å²) >= 11 is 5.95. The number of aryl methyl sites for hydroxylation is 1. The normalized spacial score (nSPS) is 13.6. The summed E-state index contributed by atoms with van der Waals surface area (Å²) in [7, 11) is -2.90. The highest BCUT2D eigenvalue weighted by atomic mass is 35.5. The van der Waals surface area contributed by atoms with Crippen LogP contribution in [0.15, 0.2) is 18.2 Å². The Kier molecular flexibility index (Phi) is 4.98. The number of hydrogen-bond donors (Lipinski definition) is 1. The fourth-order valence-corrected chi connectivity index (χ4v) is 2.70. The maximum Gasteiger partial charge on any atom is 0.147 e. The van der Waals surface area contributed by atoms with Gasteiger partial charge in [-0.05, 0) is 43.0 Å². The Labute approximate surface area is 108 Å². The van der Waals surface area contributed by atoms with Gasteiger partial charge in [0, 0.05) is 23.1 Å². The number of rotatable bonds is 5. The molecule has 1 rings (SSSR count). The molecular formula is C12H18ClNO2S. The van der Waals surface area contributed by atoms with Crippen molar-refractivity contribution in [2.45, 2.75) is 25.8 Å². The molecule has 0 spiro atoms. The van der Waals surface area contributed by atoms with Crippen molar-refractivity contribution < 1.29 is 8.42 Å². The van der Waals surface area contributed by atoms with Crippen molar-refractivity contribution in [1.29, 1.82) is 0 Å². The highest BCUT2D eigenvalue weighted by Crippen LogP contribution is 2.21. The SMILES string of the molecule is Cc1cc(Cl)cc(C(N)CCCS(C)(=O)=O)c1. The van der Waals surface area contributed by atoms with Crippen LogP contribution in [0, 0.1) is 6.92 Å². The summed E-state index contributed by atoms with van der Waals surface area (Å²) in [4.78, 5) is 0. The molecule has 17 heavy (non-hydrogen) atoms. The molecule has 0 fully saturated rings. The van der Waals surface area contributed by atoms with Crippen LogP contribution in [0.1, 0.15) is 30.0 Å². The Morgan fingerprint density at radius 3 is 2.53 bits per heavy atom. The lowest BCUT2D eigenvalue weighted by Gasteiger charge is -2.12. The summed E-state index contributed by atoms with van der Waals surface area (Å²) in [6.07, 6.45) is 2.46. The van der Waals surface area contributed by atoms with Crippen LogP contribution < -0.4 is 5.73 Å². The molecule has 0 saturated heterocycles. The summed E-state index contributed by atoms with van der Waals surface area (Å²) in [5, 5.41) is 0.665. The van der Waals surface area contributed by atoms with Gasteiger partial charge in [0.1, 0.15) is 9.84 Å². The van der Waals surface area contributed by atoms with E-state index >= 15 is 0 Å². The molecule has 5 heteroatoms. The molecule has 0 aromatic heterocycles. The van der Waals surface area contributed by atoms with Gasteiger partial charge >= 0.3 is 0 Å². The van der Waals surface area contributed by atoms with Crippen LogP contribution in [-0.2, 0) is 9.84 Å². The van der Waals surface area contributed by atoms with Gasteiger partial charge in [-0.2, -0.15) is 0 Å². The molecule has 1 atom stereocenters. The zero-order chi connectivity index (χ0) is 13.1. The number of halogens is 1. The number of nitrogens with two attached hydrogens (primary N) is 1. The average Bonchev–Trinajstić information content (AvgIpc) is 2.13. The van der Waals surface area contributed by atoms with Gasteiger partial charge in [0.05, 0.1) is 0 Å². The second-order valence-electron chi connectivity index (χ2n) is 4.44. The van der Waals surface area contributed by atoms with Gasteiger partial charge in [0.2, 0.25) is 0 Å². The van der Waals surface area contributed by atoms with E-state index in [9.17, 15) is 8.42 Å². The molecule has 3 nitrogen and oxygen atoms in total. The Balaban J connectivity index is 2.61. The molecule has 0 aliphatic rings. The van der Waals surface area contributed by atoms with Gasteiger partial charge < -0.3 is 5.73 Å². The molecule has 0 heterocycles. The van der Waals surface area contributed by atoms with Crippen molar-refractivity contribution >= 4 is 21.4 Å². The smallest absolute Gasteiger partial charge is 0.147 e. The highest BCUT2D eigenvalue weighted by Gasteiger charge is 2.09. The van der Waals surface area contributed by atoms with Crippen molar-refractivity contribution in [3.63, 3.8) is 0 Å². The minimum absolute atomic E-state index is 0.158. The highest BCUT2D eigenvalue weighted by molar-refractivity contribution is 7.90. The average molecular weight is 276 g/mol. The van der Waals surface area contributed by atoms with E-state index in [0.717, 1.165) is 11.1 Å². The van der Waals surface area contributed by atoms with Crippen molar-refractivity contribution in [2.75, 3.05) is 12.0 Å². The Bertz CT molecular complexity index is 465. The van der Waals surface area contributed by atoms with Crippen LogP contribution in [0.2, 0.25) is 5.02 Å². The molecule has 0 bridgehead atoms. The van der Waals surface area contributed by atoms with Crippen molar-refractivity contribution in [3.05, 3.63) is 34.3 Å². The van der Waals surface area contributed by atoms with E-state index in [-0.39, 0.29) is 11.8 Å². The van der Waals surface area contributed by atoms with E-state index < -0.39 is 9.84 Å². The summed E-state index contributed by atoms with van der Waals surface area (Å²) in [5.41, 5.74) is 8.03. The zero-order valence-electron chi connectivity index (χ0n) is 10.1. The first-order valence-electron chi connectivity index (χ1n) is 5.48. The summed E-state index contributed by atoms with van der Waals surface area (Å²) in [6, 6.07) is 5.53. The lowest BCUT2D eigenvalue weighted by molar-refractivity contribution is 0.588. The first-order chi connectivity index (χ1) is 7.78. The van der Waals surface area contributed by atoms with Gasteiger partial charge in [-0.1, -0.05) is 17.7 Å². The minimum atomic E-state index is -2.90. The number of sulfone groups is 1. The van der Waals surface area contributed by atoms with Crippen LogP contribution in [0.3, 0.4) is 0 Å². The quantitative estimate of drug-likeness (QED) is 0.898. The maximum absolute atomic E-state index is 11.0. The van der Waals surface area contributed by atoms with E-state index in [4.69, 9.17) is 17.3 Å². The largest absolute Gasteiger partial charge is 0.324 e. The molecule has 1 unspecified atom stereocenters. The first-order valence-corrected chi connectivity index (χ1v) is 7.92. The van der Waals surface area contributed by atoms with Crippen LogP contribution in [0.25, 0.3) is 0 Å². The third-order valence-corrected chi connectivity index (χ3v) is 3.77. The van der Waals surface area contributed by atoms with Crippen molar-refractivity contribution in [3.8, 4) is 0 Å². The Morgan fingerprint density at radius 1 is 1.35 bits per heavy atom. The molecule has 0 aliphatic heterocycles. The standard InChI is InChI=1S/C12H18ClNO2S/c1-9-6-10(8-11(13)7-9)12(14)4-3-5-17(2,15)16/h6-8,12H,3-5,14H2,1-2H3. The number of hydrogen-bond acceptors (Lipinski definition) is 3. The second-order valence-corrected chi connectivity index (χ2v) is 7.14. The monoisotopic (exact) mass is 275 g/mol. The molecule has 0 aliphatic carbocycles. The summed E-state index contributed by atoms with van der Waals surface area (Å²) in [6.45, 7) is 1.96. The van der Waals surface area contributed by atoms with Crippen LogP contribution in [0.5, 0.6) is 0 Å². The molecule has 0 saturated carbocycles. The van der Waals surface area contributed by atoms with Gasteiger partial charge in [-0.15, -0.1) is 0 Å². The predicted octanol–water partition coefficient (Wildman–Crippen LogP) is 2.47. The van der Waals surface area contributed by atoms with E-state index in [2.05, 4.69) is 0 Å². The van der Waals surface area contributed by atoms with Crippen molar-refractivity contribution in [1.82, 2.24) is 0 Å². The van der Waals surface area contributed by atoms with Crippen LogP contribution >= 0.6 is 11.6 Å². The van der Waals surface area contributed by atoms with Crippen LogP contribution in [0.4, 0.5) is 0 Å². The third-order valence-electron chi connectivity index (χ3n) is 2.52. The summed E-state index contributed by atoms with van der Waals surface area (Å²) < 4.78 is 22.0. The Hall–Kier alpha value is -0.580. The molecule has 1 aromatic rings. The Morgan fingerprint density at radius 2 is 2.00 bits per heavy atom. The van der Waals surface area contributed by atoms with Gasteiger partial charge in [-0.25, -0.2) is 8.42 Å². The fraction of sp³-hybridized carbons (Fsp3) is 0.500. The van der Waals surface area contributed by atoms with E-state index in [0.29, 0.717) is 17.9 Å². The van der Waals surface area contributed by atoms with E-state index in [1.54, 1.807) is 0 Å². The molecule has 96 valence electrons. The zero-order valence-corrected chi connectivity index (χ0v) is 11.7. The van der Waals surface area contributed by atoms with Crippen molar-refractivity contribution in [2.24, 2.45) is 5.73 Å². The van der Waals surface area contributed by atoms with Gasteiger partial charge in [0.25, 0.3) is 0 Å². The van der Waals surface area contributed by atoms with E-state index in [1.165, 1.54) is 6.26 Å². The maximum atomic E-state index is 11.0. The van der Waals surface area contributed by atoms with E-state index in [1.807, 2.05) is 25.1 Å². The second kappa shape index (κ2) is 5.85. The van der Waals surface area contributed by atoms with Crippen LogP contribution in [-0.4, -0.2) is 20.4 Å². The lowest BCUT2D eigenvalue weighted by Crippen LogP contribution is -2.13.